The maximum atomic E-state index is 11.4. The van der Waals surface area contributed by atoms with Gasteiger partial charge in [-0.05, 0) is 11.6 Å². The highest BCUT2D eigenvalue weighted by molar-refractivity contribution is 6.42. The number of carbonyl (C=O) groups is 1. The van der Waals surface area contributed by atoms with E-state index in [-0.39, 0.29) is 23.9 Å². The highest BCUT2D eigenvalue weighted by atomic mass is 35.5. The molecule has 0 atom stereocenters. The van der Waals surface area contributed by atoms with E-state index in [4.69, 9.17) is 23.2 Å². The van der Waals surface area contributed by atoms with Crippen LogP contribution in [0.3, 0.4) is 0 Å². The number of anilines is 3. The van der Waals surface area contributed by atoms with Gasteiger partial charge in [-0.15, -0.1) is 0 Å². The second-order valence-corrected chi connectivity index (χ2v) is 6.14. The smallest absolute Gasteiger partial charge is 0.341 e. The summed E-state index contributed by atoms with van der Waals surface area (Å²) < 4.78 is 1.62. The second-order valence-electron chi connectivity index (χ2n) is 5.36. The van der Waals surface area contributed by atoms with E-state index in [1.165, 1.54) is 6.20 Å². The molecule has 0 amide bonds. The zero-order valence-corrected chi connectivity index (χ0v) is 15.1. The lowest BCUT2D eigenvalue weighted by molar-refractivity contribution is 0.0697. The lowest BCUT2D eigenvalue weighted by Crippen LogP contribution is -2.11. The van der Waals surface area contributed by atoms with Gasteiger partial charge >= 0.3 is 5.97 Å². The summed E-state index contributed by atoms with van der Waals surface area (Å²) in [7, 11) is 1.78. The minimum atomic E-state index is -1.14. The van der Waals surface area contributed by atoms with Gasteiger partial charge in [0.15, 0.2) is 0 Å². The fraction of sp³-hybridized carbons (Fsp3) is 0.125. The molecule has 0 aliphatic carbocycles. The molecule has 2 heterocycles. The fourth-order valence-corrected chi connectivity index (χ4v) is 2.60. The predicted octanol–water partition coefficient (Wildman–Crippen LogP) is 3.57. The average Bonchev–Trinajstić information content (AvgIpc) is 3.01. The molecule has 8 nitrogen and oxygen atoms in total. The summed E-state index contributed by atoms with van der Waals surface area (Å²) in [4.78, 5) is 19.7. The maximum Gasteiger partial charge on any atom is 0.341 e. The van der Waals surface area contributed by atoms with Gasteiger partial charge in [-0.2, -0.15) is 10.1 Å². The van der Waals surface area contributed by atoms with Crippen molar-refractivity contribution in [3.63, 3.8) is 0 Å². The van der Waals surface area contributed by atoms with E-state index in [2.05, 4.69) is 25.7 Å². The molecular weight excluding hydrogens is 379 g/mol. The summed E-state index contributed by atoms with van der Waals surface area (Å²) in [5.74, 6) is -0.741. The van der Waals surface area contributed by atoms with Gasteiger partial charge in [0.05, 0.1) is 21.9 Å². The van der Waals surface area contributed by atoms with Gasteiger partial charge in [0, 0.05) is 26.0 Å². The molecule has 3 N–H and O–H groups in total. The van der Waals surface area contributed by atoms with E-state index in [0.29, 0.717) is 15.7 Å². The molecule has 26 heavy (non-hydrogen) atoms. The molecule has 10 heteroatoms. The van der Waals surface area contributed by atoms with Crippen LogP contribution < -0.4 is 10.6 Å². The number of hydrogen-bond donors (Lipinski definition) is 3. The molecule has 0 aliphatic heterocycles. The summed E-state index contributed by atoms with van der Waals surface area (Å²) in [6.45, 7) is 0.253. The van der Waals surface area contributed by atoms with Crippen molar-refractivity contribution >= 4 is 46.6 Å². The Bertz CT molecular complexity index is 960. The molecule has 0 aliphatic rings. The first-order valence-corrected chi connectivity index (χ1v) is 8.22. The van der Waals surface area contributed by atoms with Crippen LogP contribution in [0.2, 0.25) is 10.0 Å². The number of halogens is 2. The highest BCUT2D eigenvalue weighted by Gasteiger charge is 2.15. The third-order valence-electron chi connectivity index (χ3n) is 3.46. The Balaban J connectivity index is 1.84. The van der Waals surface area contributed by atoms with Gasteiger partial charge in [-0.1, -0.05) is 35.3 Å². The number of hydrogen-bond acceptors (Lipinski definition) is 6. The molecule has 0 saturated carbocycles. The first kappa shape index (κ1) is 18.0. The van der Waals surface area contributed by atoms with Crippen molar-refractivity contribution in [2.24, 2.45) is 7.05 Å². The zero-order valence-electron chi connectivity index (χ0n) is 13.6. The van der Waals surface area contributed by atoms with Crippen molar-refractivity contribution in [3.8, 4) is 0 Å². The molecular formula is C16H14Cl2N6O2. The predicted molar refractivity (Wildman–Crippen MR) is 99.3 cm³/mol. The van der Waals surface area contributed by atoms with E-state index >= 15 is 0 Å². The van der Waals surface area contributed by atoms with Crippen LogP contribution in [0, 0.1) is 0 Å². The Labute approximate surface area is 158 Å². The van der Waals surface area contributed by atoms with E-state index in [9.17, 15) is 9.90 Å². The van der Waals surface area contributed by atoms with Gasteiger partial charge < -0.3 is 15.7 Å². The zero-order chi connectivity index (χ0) is 18.7. The fourth-order valence-electron chi connectivity index (χ4n) is 2.21. The van der Waals surface area contributed by atoms with Crippen LogP contribution in [0.15, 0.2) is 36.8 Å². The average molecular weight is 393 g/mol. The number of aryl methyl sites for hydroxylation is 1. The number of carboxylic acids is 1. The van der Waals surface area contributed by atoms with Crippen molar-refractivity contribution in [1.82, 2.24) is 19.7 Å². The molecule has 0 radical (unpaired) electrons. The molecule has 3 rings (SSSR count). The molecule has 3 aromatic rings. The number of benzene rings is 1. The van der Waals surface area contributed by atoms with Gasteiger partial charge in [0.2, 0.25) is 5.95 Å². The monoisotopic (exact) mass is 392 g/mol. The van der Waals surface area contributed by atoms with Crippen LogP contribution >= 0.6 is 23.2 Å². The number of carboxylic acid groups (broad SMARTS) is 1. The number of nitrogens with zero attached hydrogens (tertiary/aromatic N) is 4. The van der Waals surface area contributed by atoms with Gasteiger partial charge in [0.1, 0.15) is 11.4 Å². The molecule has 2 aromatic heterocycles. The number of aromatic nitrogens is 4. The quantitative estimate of drug-likeness (QED) is 0.588. The Kier molecular flexibility index (Phi) is 5.24. The molecule has 0 unspecified atom stereocenters. The highest BCUT2D eigenvalue weighted by Crippen LogP contribution is 2.26. The summed E-state index contributed by atoms with van der Waals surface area (Å²) >= 11 is 12.2. The van der Waals surface area contributed by atoms with Crippen LogP contribution in [0.25, 0.3) is 0 Å². The standard InChI is InChI=1S/C16H14Cl2N6O2/c1-24-8-10(6-21-24)22-16-20-7-11(15(25)26)14(23-16)19-5-9-3-2-4-12(17)13(9)18/h2-4,6-8H,5H2,1H3,(H,25,26)(H2,19,20,22,23). The minimum Gasteiger partial charge on any atom is -0.477 e. The van der Waals surface area contributed by atoms with Gasteiger partial charge in [-0.3, -0.25) is 4.68 Å². The summed E-state index contributed by atoms with van der Waals surface area (Å²) in [5, 5.41) is 20.1. The lowest BCUT2D eigenvalue weighted by atomic mass is 10.2. The Hall–Kier alpha value is -2.84. The first-order valence-electron chi connectivity index (χ1n) is 7.47. The van der Waals surface area contributed by atoms with Gasteiger partial charge in [0.25, 0.3) is 0 Å². The molecule has 0 bridgehead atoms. The Morgan fingerprint density at radius 1 is 1.31 bits per heavy atom. The third-order valence-corrected chi connectivity index (χ3v) is 4.32. The summed E-state index contributed by atoms with van der Waals surface area (Å²) in [5.41, 5.74) is 1.34. The lowest BCUT2D eigenvalue weighted by Gasteiger charge is -2.11. The molecule has 1 aromatic carbocycles. The van der Waals surface area contributed by atoms with E-state index < -0.39 is 5.97 Å². The summed E-state index contributed by atoms with van der Waals surface area (Å²) in [6, 6.07) is 5.23. The number of nitrogens with one attached hydrogen (secondary N) is 2. The van der Waals surface area contributed by atoms with Crippen molar-refractivity contribution in [3.05, 3.63) is 58.0 Å². The number of aromatic carboxylic acids is 1. The first-order chi connectivity index (χ1) is 12.4. The SMILES string of the molecule is Cn1cc(Nc2ncc(C(=O)O)c(NCc3cccc(Cl)c3Cl)n2)cn1. The van der Waals surface area contributed by atoms with Crippen molar-refractivity contribution in [2.45, 2.75) is 6.54 Å². The third kappa shape index (κ3) is 4.04. The molecule has 0 spiro atoms. The minimum absolute atomic E-state index is 0.0557. The van der Waals surface area contributed by atoms with Gasteiger partial charge in [-0.25, -0.2) is 9.78 Å². The Morgan fingerprint density at radius 2 is 2.12 bits per heavy atom. The van der Waals surface area contributed by atoms with Crippen LogP contribution in [0.4, 0.5) is 17.5 Å². The molecule has 134 valence electrons. The van der Waals surface area contributed by atoms with Crippen LogP contribution in [-0.2, 0) is 13.6 Å². The van der Waals surface area contributed by atoms with Crippen molar-refractivity contribution < 1.29 is 9.90 Å². The maximum absolute atomic E-state index is 11.4. The normalized spacial score (nSPS) is 10.6. The van der Waals surface area contributed by atoms with Crippen LogP contribution in [0.1, 0.15) is 15.9 Å². The van der Waals surface area contributed by atoms with Crippen LogP contribution in [0.5, 0.6) is 0 Å². The van der Waals surface area contributed by atoms with E-state index in [1.54, 1.807) is 42.3 Å². The Morgan fingerprint density at radius 3 is 2.81 bits per heavy atom. The molecule has 0 fully saturated rings. The largest absolute Gasteiger partial charge is 0.477 e. The van der Waals surface area contributed by atoms with Crippen LogP contribution in [-0.4, -0.2) is 30.8 Å². The van der Waals surface area contributed by atoms with Crippen molar-refractivity contribution in [2.75, 3.05) is 10.6 Å². The van der Waals surface area contributed by atoms with Crippen molar-refractivity contribution in [1.29, 1.82) is 0 Å². The number of rotatable bonds is 6. The summed E-state index contributed by atoms with van der Waals surface area (Å²) in [6.07, 6.45) is 4.58. The topological polar surface area (TPSA) is 105 Å². The van der Waals surface area contributed by atoms with E-state index in [0.717, 1.165) is 5.56 Å². The molecule has 0 saturated heterocycles. The second kappa shape index (κ2) is 7.59. The van der Waals surface area contributed by atoms with E-state index in [1.807, 2.05) is 0 Å².